The number of rotatable bonds is 8. The predicted molar refractivity (Wildman–Crippen MR) is 119 cm³/mol. The van der Waals surface area contributed by atoms with Crippen LogP contribution >= 0.6 is 12.2 Å². The Morgan fingerprint density at radius 1 is 0.900 bits per heavy atom. The highest BCUT2D eigenvalue weighted by atomic mass is 32.1. The molecule has 0 aliphatic heterocycles. The summed E-state index contributed by atoms with van der Waals surface area (Å²) in [6, 6.07) is 19.9. The Morgan fingerprint density at radius 2 is 1.60 bits per heavy atom. The van der Waals surface area contributed by atoms with Crippen molar-refractivity contribution >= 4 is 23.2 Å². The molecule has 0 bridgehead atoms. The molecule has 7 heteroatoms. The standard InChI is InChI=1S/C23H23FN4OS/c24-21-10-8-18(9-11-21)14-26-22(29)15-27-23(30)28(16-19-5-2-1-3-6-19)17-20-7-4-12-25-13-20/h1-13H,14-17H2,(H,26,29)(H,27,30). The highest BCUT2D eigenvalue weighted by Crippen LogP contribution is 2.10. The van der Waals surface area contributed by atoms with E-state index in [0.717, 1.165) is 16.7 Å². The zero-order valence-corrected chi connectivity index (χ0v) is 17.2. The maximum atomic E-state index is 13.0. The minimum atomic E-state index is -0.302. The minimum Gasteiger partial charge on any atom is -0.353 e. The van der Waals surface area contributed by atoms with Crippen LogP contribution in [0.3, 0.4) is 0 Å². The molecule has 0 spiro atoms. The van der Waals surface area contributed by atoms with Gasteiger partial charge in [0.25, 0.3) is 0 Å². The summed E-state index contributed by atoms with van der Waals surface area (Å²) < 4.78 is 13.0. The molecule has 0 aliphatic rings. The van der Waals surface area contributed by atoms with Gasteiger partial charge < -0.3 is 15.5 Å². The molecule has 3 rings (SSSR count). The molecule has 1 aromatic heterocycles. The third kappa shape index (κ3) is 6.93. The second-order valence-electron chi connectivity index (χ2n) is 6.76. The number of benzene rings is 2. The van der Waals surface area contributed by atoms with Gasteiger partial charge in [0, 0.05) is 32.0 Å². The van der Waals surface area contributed by atoms with Gasteiger partial charge in [-0.3, -0.25) is 9.78 Å². The molecule has 30 heavy (non-hydrogen) atoms. The van der Waals surface area contributed by atoms with Crippen LogP contribution in [0.2, 0.25) is 0 Å². The van der Waals surface area contributed by atoms with Crippen LogP contribution in [-0.4, -0.2) is 27.4 Å². The molecule has 2 N–H and O–H groups in total. The number of hydrogen-bond acceptors (Lipinski definition) is 3. The lowest BCUT2D eigenvalue weighted by Gasteiger charge is -2.26. The number of pyridine rings is 1. The fourth-order valence-corrected chi connectivity index (χ4v) is 3.05. The molecule has 5 nitrogen and oxygen atoms in total. The van der Waals surface area contributed by atoms with E-state index >= 15 is 0 Å². The highest BCUT2D eigenvalue weighted by molar-refractivity contribution is 7.80. The van der Waals surface area contributed by atoms with E-state index in [1.54, 1.807) is 24.5 Å². The Hall–Kier alpha value is -3.32. The number of aromatic nitrogens is 1. The molecule has 0 unspecified atom stereocenters. The van der Waals surface area contributed by atoms with Crippen LogP contribution in [0, 0.1) is 5.82 Å². The van der Waals surface area contributed by atoms with Crippen molar-refractivity contribution < 1.29 is 9.18 Å². The summed E-state index contributed by atoms with van der Waals surface area (Å²) in [6.45, 7) is 1.57. The molecule has 154 valence electrons. The third-order valence-corrected chi connectivity index (χ3v) is 4.81. The summed E-state index contributed by atoms with van der Waals surface area (Å²) >= 11 is 5.56. The molecule has 0 atom stereocenters. The van der Waals surface area contributed by atoms with E-state index in [-0.39, 0.29) is 18.3 Å². The Bertz CT molecular complexity index is 910. The summed E-state index contributed by atoms with van der Waals surface area (Å²) in [6.07, 6.45) is 3.53. The Kier molecular flexibility index (Phi) is 7.86. The van der Waals surface area contributed by atoms with Gasteiger partial charge in [-0.05, 0) is 47.1 Å². The van der Waals surface area contributed by atoms with Crippen molar-refractivity contribution in [3.8, 4) is 0 Å². The molecule has 1 amide bonds. The fourth-order valence-electron chi connectivity index (χ4n) is 2.85. The molecule has 1 heterocycles. The van der Waals surface area contributed by atoms with Crippen LogP contribution in [0.25, 0.3) is 0 Å². The third-order valence-electron chi connectivity index (χ3n) is 4.40. The van der Waals surface area contributed by atoms with Crippen LogP contribution in [-0.2, 0) is 24.4 Å². The van der Waals surface area contributed by atoms with Crippen molar-refractivity contribution in [1.82, 2.24) is 20.5 Å². The van der Waals surface area contributed by atoms with Crippen molar-refractivity contribution in [2.75, 3.05) is 6.54 Å². The van der Waals surface area contributed by atoms with Crippen molar-refractivity contribution in [2.45, 2.75) is 19.6 Å². The van der Waals surface area contributed by atoms with Gasteiger partial charge in [0.15, 0.2) is 5.11 Å². The molecule has 0 aliphatic carbocycles. The average Bonchev–Trinajstić information content (AvgIpc) is 2.78. The quantitative estimate of drug-likeness (QED) is 0.545. The first kappa shape index (κ1) is 21.4. The first-order valence-electron chi connectivity index (χ1n) is 9.57. The van der Waals surface area contributed by atoms with Crippen LogP contribution in [0.5, 0.6) is 0 Å². The highest BCUT2D eigenvalue weighted by Gasteiger charge is 2.13. The summed E-state index contributed by atoms with van der Waals surface area (Å²) in [4.78, 5) is 18.3. The number of halogens is 1. The Morgan fingerprint density at radius 3 is 2.30 bits per heavy atom. The molecule has 0 saturated heterocycles. The molecule has 0 saturated carbocycles. The number of carbonyl (C=O) groups excluding carboxylic acids is 1. The fraction of sp³-hybridized carbons (Fsp3) is 0.174. The van der Waals surface area contributed by atoms with Crippen LogP contribution in [0.1, 0.15) is 16.7 Å². The molecule has 3 aromatic rings. The van der Waals surface area contributed by atoms with Crippen molar-refractivity contribution in [3.63, 3.8) is 0 Å². The summed E-state index contributed by atoms with van der Waals surface area (Å²) in [5.41, 5.74) is 2.97. The van der Waals surface area contributed by atoms with Crippen LogP contribution < -0.4 is 10.6 Å². The van der Waals surface area contributed by atoms with E-state index in [9.17, 15) is 9.18 Å². The number of nitrogens with zero attached hydrogens (tertiary/aromatic N) is 2. The van der Waals surface area contributed by atoms with E-state index in [1.165, 1.54) is 12.1 Å². The summed E-state index contributed by atoms with van der Waals surface area (Å²) in [5, 5.41) is 6.32. The lowest BCUT2D eigenvalue weighted by atomic mass is 10.2. The van der Waals surface area contributed by atoms with Gasteiger partial charge in [-0.25, -0.2) is 4.39 Å². The Labute approximate surface area is 181 Å². The number of nitrogens with one attached hydrogen (secondary N) is 2. The van der Waals surface area contributed by atoms with Gasteiger partial charge in [-0.15, -0.1) is 0 Å². The molecular weight excluding hydrogens is 399 g/mol. The molecule has 0 radical (unpaired) electrons. The van der Waals surface area contributed by atoms with E-state index in [2.05, 4.69) is 15.6 Å². The van der Waals surface area contributed by atoms with E-state index in [4.69, 9.17) is 12.2 Å². The zero-order chi connectivity index (χ0) is 21.2. The average molecular weight is 423 g/mol. The molecule has 2 aromatic carbocycles. The first-order chi connectivity index (χ1) is 14.6. The number of carbonyl (C=O) groups is 1. The van der Waals surface area contributed by atoms with Gasteiger partial charge >= 0.3 is 0 Å². The Balaban J connectivity index is 1.55. The van der Waals surface area contributed by atoms with Crippen LogP contribution in [0.15, 0.2) is 79.1 Å². The van der Waals surface area contributed by atoms with Crippen molar-refractivity contribution in [1.29, 1.82) is 0 Å². The monoisotopic (exact) mass is 422 g/mol. The molecule has 0 fully saturated rings. The van der Waals surface area contributed by atoms with Crippen LogP contribution in [0.4, 0.5) is 4.39 Å². The van der Waals surface area contributed by atoms with E-state index in [0.29, 0.717) is 24.7 Å². The largest absolute Gasteiger partial charge is 0.353 e. The van der Waals surface area contributed by atoms with Crippen molar-refractivity contribution in [3.05, 3.63) is 102 Å². The number of thiocarbonyl (C=S) groups is 1. The van der Waals surface area contributed by atoms with E-state index in [1.807, 2.05) is 47.4 Å². The topological polar surface area (TPSA) is 57.3 Å². The van der Waals surface area contributed by atoms with Gasteiger partial charge in [-0.2, -0.15) is 0 Å². The zero-order valence-electron chi connectivity index (χ0n) is 16.4. The van der Waals surface area contributed by atoms with Gasteiger partial charge in [-0.1, -0.05) is 48.5 Å². The lowest BCUT2D eigenvalue weighted by Crippen LogP contribution is -2.43. The maximum absolute atomic E-state index is 13.0. The SMILES string of the molecule is O=C(CNC(=S)N(Cc1ccccc1)Cc1cccnc1)NCc1ccc(F)cc1. The summed E-state index contributed by atoms with van der Waals surface area (Å²) in [5.74, 6) is -0.494. The number of amides is 1. The predicted octanol–water partition coefficient (Wildman–Crippen LogP) is 3.41. The second kappa shape index (κ2) is 11.0. The smallest absolute Gasteiger partial charge is 0.239 e. The normalized spacial score (nSPS) is 10.3. The van der Waals surface area contributed by atoms with Crippen molar-refractivity contribution in [2.24, 2.45) is 0 Å². The second-order valence-corrected chi connectivity index (χ2v) is 7.15. The van der Waals surface area contributed by atoms with E-state index < -0.39 is 0 Å². The summed E-state index contributed by atoms with van der Waals surface area (Å²) in [7, 11) is 0. The van der Waals surface area contributed by atoms with Gasteiger partial charge in [0.05, 0.1) is 6.54 Å². The van der Waals surface area contributed by atoms with Gasteiger partial charge in [0.2, 0.25) is 5.91 Å². The van der Waals surface area contributed by atoms with Gasteiger partial charge in [0.1, 0.15) is 5.82 Å². The maximum Gasteiger partial charge on any atom is 0.239 e. The minimum absolute atomic E-state index is 0.0539. The molecular formula is C23H23FN4OS. The lowest BCUT2D eigenvalue weighted by molar-refractivity contribution is -0.120. The number of hydrogen-bond donors (Lipinski definition) is 2. The first-order valence-corrected chi connectivity index (χ1v) is 9.98.